The van der Waals surface area contributed by atoms with Gasteiger partial charge in [-0.15, -0.1) is 0 Å². The molecule has 0 bridgehead atoms. The van der Waals surface area contributed by atoms with Crippen LogP contribution in [0.25, 0.3) is 0 Å². The van der Waals surface area contributed by atoms with E-state index >= 15 is 0 Å². The summed E-state index contributed by atoms with van der Waals surface area (Å²) in [6.45, 7) is 10.8. The number of hydrogen-bond acceptors (Lipinski definition) is 2. The van der Waals surface area contributed by atoms with Crippen molar-refractivity contribution >= 4 is 22.6 Å². The monoisotopic (exact) mass is 311 g/mol. The Kier molecular flexibility index (Phi) is 12.2. The molecule has 1 atom stereocenters. The first kappa shape index (κ1) is 20.1. The lowest BCUT2D eigenvalue weighted by Crippen LogP contribution is -2.06. The van der Waals surface area contributed by atoms with Crippen molar-refractivity contribution in [1.82, 2.24) is 5.32 Å². The highest BCUT2D eigenvalue weighted by molar-refractivity contribution is 6.69. The molecule has 1 unspecified atom stereocenters. The minimum atomic E-state index is 0.493. The Hall–Kier alpha value is -0.930. The molecule has 21 heavy (non-hydrogen) atoms. The van der Waals surface area contributed by atoms with E-state index in [9.17, 15) is 0 Å². The Labute approximate surface area is 135 Å². The van der Waals surface area contributed by atoms with Crippen molar-refractivity contribution < 1.29 is 0 Å². The van der Waals surface area contributed by atoms with E-state index in [-0.39, 0.29) is 0 Å². The molecule has 2 aliphatic rings. The molecule has 0 spiro atoms. The number of hydrogen-bond donors (Lipinski definition) is 1. The maximum Gasteiger partial charge on any atom is 0.155 e. The van der Waals surface area contributed by atoms with Gasteiger partial charge in [-0.2, -0.15) is 0 Å². The summed E-state index contributed by atoms with van der Waals surface area (Å²) >= 11 is 5.78. The van der Waals surface area contributed by atoms with E-state index in [1.54, 1.807) is 13.1 Å². The lowest BCUT2D eigenvalue weighted by Gasteiger charge is -2.09. The standard InChI is InChI=1S/C11H15ClN2.C4H9N.C2H6/c1-4-8(2)7-9-5-6-10(12)14-11(9)13-3;1-2-4-5-3-1;1-2/h5-8H,4H2,1-3H3;5H,1-4H2;1-2H3/b9-7-,13-11?;;. The molecular weight excluding hydrogens is 282 g/mol. The maximum atomic E-state index is 5.78. The number of aliphatic imine (C=N–C) groups is 2. The molecule has 0 aromatic carbocycles. The van der Waals surface area contributed by atoms with Crippen molar-refractivity contribution in [3.63, 3.8) is 0 Å². The zero-order chi connectivity index (χ0) is 16.1. The molecule has 1 saturated heterocycles. The van der Waals surface area contributed by atoms with E-state index in [1.165, 1.54) is 25.9 Å². The predicted molar refractivity (Wildman–Crippen MR) is 96.8 cm³/mol. The SMILES string of the molecule is C1CCNC1.CC.CCC(C)/C=C1/C=CC(Cl)=NC1=NC. The van der Waals surface area contributed by atoms with Crippen molar-refractivity contribution in [3.05, 3.63) is 23.8 Å². The average molecular weight is 312 g/mol. The zero-order valence-corrected chi connectivity index (χ0v) is 14.9. The largest absolute Gasteiger partial charge is 0.317 e. The molecule has 4 heteroatoms. The van der Waals surface area contributed by atoms with Crippen molar-refractivity contribution in [2.24, 2.45) is 15.9 Å². The highest BCUT2D eigenvalue weighted by atomic mass is 35.5. The summed E-state index contributed by atoms with van der Waals surface area (Å²) in [6.07, 6.45) is 9.83. The van der Waals surface area contributed by atoms with Gasteiger partial charge in [-0.3, -0.25) is 4.99 Å². The van der Waals surface area contributed by atoms with Crippen molar-refractivity contribution in [3.8, 4) is 0 Å². The summed E-state index contributed by atoms with van der Waals surface area (Å²) in [5, 5.41) is 3.71. The van der Waals surface area contributed by atoms with Gasteiger partial charge in [-0.1, -0.05) is 51.8 Å². The highest BCUT2D eigenvalue weighted by Crippen LogP contribution is 2.15. The third kappa shape index (κ3) is 8.84. The van der Waals surface area contributed by atoms with Crippen LogP contribution >= 0.6 is 11.6 Å². The van der Waals surface area contributed by atoms with Gasteiger partial charge in [-0.25, -0.2) is 4.99 Å². The summed E-state index contributed by atoms with van der Waals surface area (Å²) in [4.78, 5) is 8.24. The van der Waals surface area contributed by atoms with Gasteiger partial charge >= 0.3 is 0 Å². The number of halogens is 1. The van der Waals surface area contributed by atoms with Gasteiger partial charge in [0.1, 0.15) is 5.17 Å². The summed E-state index contributed by atoms with van der Waals surface area (Å²) in [5.74, 6) is 1.26. The lowest BCUT2D eigenvalue weighted by atomic mass is 10.0. The Morgan fingerprint density at radius 1 is 1.33 bits per heavy atom. The fourth-order valence-electron chi connectivity index (χ4n) is 1.79. The molecule has 0 aromatic heterocycles. The molecule has 0 saturated carbocycles. The van der Waals surface area contributed by atoms with Gasteiger partial charge in [0, 0.05) is 12.6 Å². The quantitative estimate of drug-likeness (QED) is 0.795. The fourth-order valence-corrected chi connectivity index (χ4v) is 1.94. The van der Waals surface area contributed by atoms with E-state index in [4.69, 9.17) is 11.6 Å². The van der Waals surface area contributed by atoms with Crippen LogP contribution in [0, 0.1) is 5.92 Å². The maximum absolute atomic E-state index is 5.78. The van der Waals surface area contributed by atoms with Crippen LogP contribution < -0.4 is 5.32 Å². The molecular formula is C17H30ClN3. The van der Waals surface area contributed by atoms with E-state index in [0.717, 1.165) is 17.8 Å². The van der Waals surface area contributed by atoms with Gasteiger partial charge in [-0.05, 0) is 44.0 Å². The second kappa shape index (κ2) is 12.8. The molecule has 2 rings (SSSR count). The molecule has 2 aliphatic heterocycles. The molecule has 3 nitrogen and oxygen atoms in total. The zero-order valence-electron chi connectivity index (χ0n) is 14.1. The third-order valence-electron chi connectivity index (χ3n) is 3.15. The molecule has 0 radical (unpaired) electrons. The van der Waals surface area contributed by atoms with Gasteiger partial charge < -0.3 is 5.32 Å². The predicted octanol–water partition coefficient (Wildman–Crippen LogP) is 4.59. The van der Waals surface area contributed by atoms with E-state index in [1.807, 2.05) is 19.9 Å². The van der Waals surface area contributed by atoms with Crippen LogP contribution in [0.4, 0.5) is 0 Å². The molecule has 2 heterocycles. The number of amidine groups is 1. The van der Waals surface area contributed by atoms with Crippen molar-refractivity contribution in [2.45, 2.75) is 47.0 Å². The fraction of sp³-hybridized carbons (Fsp3) is 0.647. The minimum Gasteiger partial charge on any atom is -0.317 e. The summed E-state index contributed by atoms with van der Waals surface area (Å²) in [7, 11) is 1.73. The summed E-state index contributed by atoms with van der Waals surface area (Å²) < 4.78 is 0. The van der Waals surface area contributed by atoms with Crippen molar-refractivity contribution in [1.29, 1.82) is 0 Å². The van der Waals surface area contributed by atoms with Crippen LogP contribution in [0.5, 0.6) is 0 Å². The first-order chi connectivity index (χ1) is 10.2. The minimum absolute atomic E-state index is 0.493. The van der Waals surface area contributed by atoms with Crippen molar-refractivity contribution in [2.75, 3.05) is 20.1 Å². The first-order valence-corrected chi connectivity index (χ1v) is 8.37. The topological polar surface area (TPSA) is 36.8 Å². The van der Waals surface area contributed by atoms with Crippen LogP contribution in [0.1, 0.15) is 47.0 Å². The van der Waals surface area contributed by atoms with Gasteiger partial charge in [0.2, 0.25) is 0 Å². The average Bonchev–Trinajstić information content (AvgIpc) is 3.10. The Morgan fingerprint density at radius 2 is 1.95 bits per heavy atom. The van der Waals surface area contributed by atoms with Gasteiger partial charge in [0.05, 0.1) is 0 Å². The number of dihydropyridines is 1. The molecule has 0 aliphatic carbocycles. The number of nitrogens with one attached hydrogen (secondary N) is 1. The molecule has 120 valence electrons. The van der Waals surface area contributed by atoms with Crippen LogP contribution in [-0.4, -0.2) is 31.1 Å². The Bertz CT molecular complexity index is 383. The number of nitrogens with zero attached hydrogens (tertiary/aromatic N) is 2. The van der Waals surface area contributed by atoms with E-state index in [0.29, 0.717) is 11.1 Å². The van der Waals surface area contributed by atoms with Gasteiger partial charge in [0.25, 0.3) is 0 Å². The van der Waals surface area contributed by atoms with Crippen LogP contribution in [0.3, 0.4) is 0 Å². The lowest BCUT2D eigenvalue weighted by molar-refractivity contribution is 0.696. The molecule has 0 aromatic rings. The molecule has 1 N–H and O–H groups in total. The summed E-state index contributed by atoms with van der Waals surface area (Å²) in [5.41, 5.74) is 1.06. The van der Waals surface area contributed by atoms with Crippen LogP contribution in [0.15, 0.2) is 33.8 Å². The first-order valence-electron chi connectivity index (χ1n) is 7.99. The smallest absolute Gasteiger partial charge is 0.155 e. The molecule has 0 amide bonds. The molecule has 1 fully saturated rings. The number of rotatable bonds is 2. The van der Waals surface area contributed by atoms with E-state index < -0.39 is 0 Å². The van der Waals surface area contributed by atoms with Crippen LogP contribution in [0.2, 0.25) is 0 Å². The Morgan fingerprint density at radius 3 is 2.38 bits per heavy atom. The Balaban J connectivity index is 0.000000473. The second-order valence-electron chi connectivity index (χ2n) is 4.78. The highest BCUT2D eigenvalue weighted by Gasteiger charge is 2.09. The van der Waals surface area contributed by atoms with Gasteiger partial charge in [0.15, 0.2) is 5.84 Å². The second-order valence-corrected chi connectivity index (χ2v) is 5.17. The van der Waals surface area contributed by atoms with E-state index in [2.05, 4.69) is 35.2 Å². The number of allylic oxidation sites excluding steroid dienone is 2. The third-order valence-corrected chi connectivity index (χ3v) is 3.36. The van der Waals surface area contributed by atoms with Crippen LogP contribution in [-0.2, 0) is 0 Å². The normalized spacial score (nSPS) is 22.1. The summed E-state index contributed by atoms with van der Waals surface area (Å²) in [6, 6.07) is 0.